The Hall–Kier alpha value is -2.75. The van der Waals surface area contributed by atoms with Gasteiger partial charge in [0.1, 0.15) is 0 Å². The van der Waals surface area contributed by atoms with Crippen molar-refractivity contribution in [3.63, 3.8) is 0 Å². The van der Waals surface area contributed by atoms with Crippen LogP contribution < -0.4 is 5.32 Å². The zero-order valence-corrected chi connectivity index (χ0v) is 17.4. The van der Waals surface area contributed by atoms with Crippen molar-refractivity contribution in [2.75, 3.05) is 18.4 Å². The lowest BCUT2D eigenvalue weighted by atomic mass is 9.97. The Morgan fingerprint density at radius 1 is 1.03 bits per heavy atom. The van der Waals surface area contributed by atoms with E-state index in [1.54, 1.807) is 54.6 Å². The van der Waals surface area contributed by atoms with Gasteiger partial charge in [-0.2, -0.15) is 4.31 Å². The molecular formula is C20H19ClN4O4S. The summed E-state index contributed by atoms with van der Waals surface area (Å²) in [5.41, 5.74) is 0.687. The van der Waals surface area contributed by atoms with Gasteiger partial charge in [0.05, 0.1) is 4.90 Å². The molecule has 0 unspecified atom stereocenters. The average Bonchev–Trinajstić information content (AvgIpc) is 3.23. The molecule has 0 spiro atoms. The Kier molecular flexibility index (Phi) is 5.85. The number of rotatable bonds is 5. The van der Waals surface area contributed by atoms with E-state index in [0.29, 0.717) is 23.4 Å². The molecule has 156 valence electrons. The summed E-state index contributed by atoms with van der Waals surface area (Å²) in [4.78, 5) is 12.8. The molecule has 1 N–H and O–H groups in total. The fraction of sp³-hybridized carbons (Fsp3) is 0.250. The summed E-state index contributed by atoms with van der Waals surface area (Å²) >= 11 is 5.87. The third-order valence-electron chi connectivity index (χ3n) is 4.95. The van der Waals surface area contributed by atoms with Crippen molar-refractivity contribution >= 4 is 33.5 Å². The van der Waals surface area contributed by atoms with E-state index in [2.05, 4.69) is 15.5 Å². The van der Waals surface area contributed by atoms with E-state index in [1.807, 2.05) is 0 Å². The summed E-state index contributed by atoms with van der Waals surface area (Å²) < 4.78 is 32.3. The molecule has 1 aliphatic heterocycles. The molecule has 1 aromatic heterocycles. The molecule has 1 amide bonds. The Balaban J connectivity index is 1.35. The molecule has 1 aliphatic rings. The van der Waals surface area contributed by atoms with Gasteiger partial charge in [-0.1, -0.05) is 34.9 Å². The molecule has 4 rings (SSSR count). The molecule has 1 fully saturated rings. The monoisotopic (exact) mass is 446 g/mol. The van der Waals surface area contributed by atoms with Crippen LogP contribution in [0.3, 0.4) is 0 Å². The second-order valence-corrected chi connectivity index (χ2v) is 9.27. The van der Waals surface area contributed by atoms with Crippen LogP contribution in [0.5, 0.6) is 0 Å². The number of nitrogens with one attached hydrogen (secondary N) is 1. The number of halogens is 1. The third-order valence-corrected chi connectivity index (χ3v) is 7.12. The van der Waals surface area contributed by atoms with E-state index >= 15 is 0 Å². The van der Waals surface area contributed by atoms with Crippen LogP contribution in [0.15, 0.2) is 63.9 Å². The highest BCUT2D eigenvalue weighted by Gasteiger charge is 2.32. The van der Waals surface area contributed by atoms with Gasteiger partial charge in [0, 0.05) is 29.6 Å². The zero-order chi connectivity index (χ0) is 21.1. The average molecular weight is 447 g/mol. The van der Waals surface area contributed by atoms with Crippen LogP contribution in [-0.4, -0.2) is 41.9 Å². The van der Waals surface area contributed by atoms with Crippen LogP contribution in [0.1, 0.15) is 12.8 Å². The van der Waals surface area contributed by atoms with Crippen molar-refractivity contribution in [2.45, 2.75) is 17.7 Å². The number of carbonyl (C=O) groups is 1. The van der Waals surface area contributed by atoms with Crippen LogP contribution in [-0.2, 0) is 14.8 Å². The van der Waals surface area contributed by atoms with Gasteiger partial charge in [0.15, 0.2) is 0 Å². The first-order chi connectivity index (χ1) is 14.4. The summed E-state index contributed by atoms with van der Waals surface area (Å²) in [7, 11) is -3.55. The first-order valence-corrected chi connectivity index (χ1v) is 11.2. The van der Waals surface area contributed by atoms with E-state index in [0.717, 1.165) is 0 Å². The first kappa shape index (κ1) is 20.5. The van der Waals surface area contributed by atoms with Crippen molar-refractivity contribution in [3.8, 4) is 11.5 Å². The number of nitrogens with zero attached hydrogens (tertiary/aromatic N) is 3. The lowest BCUT2D eigenvalue weighted by molar-refractivity contribution is -0.121. The van der Waals surface area contributed by atoms with Gasteiger partial charge in [-0.15, -0.1) is 5.10 Å². The highest BCUT2D eigenvalue weighted by molar-refractivity contribution is 7.89. The van der Waals surface area contributed by atoms with Gasteiger partial charge in [-0.25, -0.2) is 8.42 Å². The van der Waals surface area contributed by atoms with Gasteiger partial charge < -0.3 is 4.42 Å². The Labute approximate surface area is 178 Å². The maximum Gasteiger partial charge on any atom is 0.322 e. The fourth-order valence-corrected chi connectivity index (χ4v) is 4.91. The van der Waals surface area contributed by atoms with Gasteiger partial charge in [-0.3, -0.25) is 10.1 Å². The van der Waals surface area contributed by atoms with Crippen molar-refractivity contribution in [1.82, 2.24) is 14.5 Å². The fourth-order valence-electron chi connectivity index (χ4n) is 3.29. The quantitative estimate of drug-likeness (QED) is 0.643. The standard InChI is InChI=1S/C20H19ClN4O4S/c21-16-8-6-15(7-9-16)19-23-24-20(29-19)22-18(26)14-10-12-25(13-11-14)30(27,28)17-4-2-1-3-5-17/h1-9,14H,10-13H2,(H,22,24,26). The summed E-state index contributed by atoms with van der Waals surface area (Å²) in [5, 5.41) is 11.0. The predicted octanol–water partition coefficient (Wildman–Crippen LogP) is 3.43. The van der Waals surface area contributed by atoms with E-state index in [4.69, 9.17) is 16.0 Å². The van der Waals surface area contributed by atoms with Crippen molar-refractivity contribution < 1.29 is 17.6 Å². The smallest absolute Gasteiger partial charge is 0.322 e. The van der Waals surface area contributed by atoms with Crippen molar-refractivity contribution in [2.24, 2.45) is 5.92 Å². The predicted molar refractivity (Wildman–Crippen MR) is 111 cm³/mol. The molecule has 0 saturated carbocycles. The van der Waals surface area contributed by atoms with E-state index in [9.17, 15) is 13.2 Å². The molecular weight excluding hydrogens is 428 g/mol. The molecule has 0 atom stereocenters. The van der Waals surface area contributed by atoms with E-state index in [1.165, 1.54) is 4.31 Å². The minimum Gasteiger partial charge on any atom is -0.403 e. The SMILES string of the molecule is O=C(Nc1nnc(-c2ccc(Cl)cc2)o1)C1CCN(S(=O)(=O)c2ccccc2)CC1. The number of carbonyl (C=O) groups excluding carboxylic acids is 1. The minimum atomic E-state index is -3.55. The maximum absolute atomic E-state index is 12.7. The third kappa shape index (κ3) is 4.38. The molecule has 0 bridgehead atoms. The number of sulfonamides is 1. The van der Waals surface area contributed by atoms with Gasteiger partial charge in [0.25, 0.3) is 0 Å². The lowest BCUT2D eigenvalue weighted by Crippen LogP contribution is -2.41. The maximum atomic E-state index is 12.7. The molecule has 2 heterocycles. The van der Waals surface area contributed by atoms with E-state index < -0.39 is 10.0 Å². The number of hydrogen-bond donors (Lipinski definition) is 1. The molecule has 10 heteroatoms. The number of piperidine rings is 1. The number of benzene rings is 2. The topological polar surface area (TPSA) is 105 Å². The molecule has 0 aliphatic carbocycles. The number of anilines is 1. The first-order valence-electron chi connectivity index (χ1n) is 9.39. The summed E-state index contributed by atoms with van der Waals surface area (Å²) in [6.07, 6.45) is 0.826. The van der Waals surface area contributed by atoms with Gasteiger partial charge in [-0.05, 0) is 49.2 Å². The normalized spacial score (nSPS) is 15.8. The molecule has 3 aromatic rings. The second kappa shape index (κ2) is 8.55. The lowest BCUT2D eigenvalue weighted by Gasteiger charge is -2.30. The number of aromatic nitrogens is 2. The molecule has 1 saturated heterocycles. The Bertz CT molecular complexity index is 1130. The number of hydrogen-bond acceptors (Lipinski definition) is 6. The summed E-state index contributed by atoms with van der Waals surface area (Å²) in [6.45, 7) is 0.546. The zero-order valence-electron chi connectivity index (χ0n) is 15.9. The Morgan fingerprint density at radius 3 is 2.37 bits per heavy atom. The minimum absolute atomic E-state index is 0.00397. The van der Waals surface area contributed by atoms with Crippen LogP contribution in [0.4, 0.5) is 6.01 Å². The van der Waals surface area contributed by atoms with Crippen molar-refractivity contribution in [1.29, 1.82) is 0 Å². The highest BCUT2D eigenvalue weighted by Crippen LogP contribution is 2.26. The second-order valence-electron chi connectivity index (χ2n) is 6.90. The van der Waals surface area contributed by atoms with Crippen LogP contribution >= 0.6 is 11.6 Å². The largest absolute Gasteiger partial charge is 0.403 e. The van der Waals surface area contributed by atoms with Gasteiger partial charge in [0.2, 0.25) is 21.8 Å². The summed E-state index contributed by atoms with van der Waals surface area (Å²) in [5.74, 6) is -0.332. The highest BCUT2D eigenvalue weighted by atomic mass is 35.5. The van der Waals surface area contributed by atoms with Crippen LogP contribution in [0, 0.1) is 5.92 Å². The van der Waals surface area contributed by atoms with Crippen molar-refractivity contribution in [3.05, 3.63) is 59.6 Å². The molecule has 2 aromatic carbocycles. The van der Waals surface area contributed by atoms with Crippen LogP contribution in [0.2, 0.25) is 5.02 Å². The van der Waals surface area contributed by atoms with Gasteiger partial charge >= 0.3 is 6.01 Å². The molecule has 0 radical (unpaired) electrons. The van der Waals surface area contributed by atoms with E-state index in [-0.39, 0.29) is 41.7 Å². The molecule has 8 nitrogen and oxygen atoms in total. The van der Waals surface area contributed by atoms with Crippen LogP contribution in [0.25, 0.3) is 11.5 Å². The Morgan fingerprint density at radius 2 is 1.70 bits per heavy atom. The summed E-state index contributed by atoms with van der Waals surface area (Å²) in [6, 6.07) is 15.2. The number of amides is 1. The molecule has 30 heavy (non-hydrogen) atoms.